The van der Waals surface area contributed by atoms with Crippen LogP contribution in [0.15, 0.2) is 47.4 Å². The first kappa shape index (κ1) is 12.7. The summed E-state index contributed by atoms with van der Waals surface area (Å²) in [6.45, 7) is 1.28. The van der Waals surface area contributed by atoms with Gasteiger partial charge in [0.05, 0.1) is 0 Å². The van der Waals surface area contributed by atoms with E-state index in [0.29, 0.717) is 12.2 Å². The molecule has 2 aliphatic rings. The second kappa shape index (κ2) is 4.96. The molecular formula is C16H14O4. The molecule has 1 heterocycles. The predicted octanol–water partition coefficient (Wildman–Crippen LogP) is 2.96. The molecule has 0 atom stereocenters. The van der Waals surface area contributed by atoms with Gasteiger partial charge in [0.25, 0.3) is 0 Å². The number of carbonyl (C=O) groups excluding carboxylic acids is 2. The van der Waals surface area contributed by atoms with Gasteiger partial charge in [-0.3, -0.25) is 4.79 Å². The fraction of sp³-hybridized carbons (Fsp3) is 0.250. The molecule has 0 bridgehead atoms. The lowest BCUT2D eigenvalue weighted by Gasteiger charge is -2.17. The maximum absolute atomic E-state index is 11.9. The molecule has 0 saturated heterocycles. The van der Waals surface area contributed by atoms with E-state index in [0.717, 1.165) is 29.6 Å². The van der Waals surface area contributed by atoms with Gasteiger partial charge < -0.3 is 9.47 Å². The van der Waals surface area contributed by atoms with Crippen molar-refractivity contribution >= 4 is 17.5 Å². The number of fused-ring (bicyclic) bond motifs is 1. The fourth-order valence-corrected chi connectivity index (χ4v) is 2.61. The number of carbonyl (C=O) groups is 2. The third kappa shape index (κ3) is 2.13. The molecule has 1 aliphatic heterocycles. The van der Waals surface area contributed by atoms with E-state index in [-0.39, 0.29) is 5.76 Å². The zero-order valence-corrected chi connectivity index (χ0v) is 11.1. The molecule has 1 aliphatic carbocycles. The third-order valence-electron chi connectivity index (χ3n) is 3.42. The molecule has 1 aromatic carbocycles. The van der Waals surface area contributed by atoms with Crippen molar-refractivity contribution in [3.05, 3.63) is 53.0 Å². The Hall–Kier alpha value is -2.36. The summed E-state index contributed by atoms with van der Waals surface area (Å²) in [5.74, 6) is -0.442. The second-order valence-electron chi connectivity index (χ2n) is 4.82. The van der Waals surface area contributed by atoms with Crippen molar-refractivity contribution in [3.8, 4) is 0 Å². The molecule has 0 aromatic heterocycles. The summed E-state index contributed by atoms with van der Waals surface area (Å²) in [5.41, 5.74) is 2.76. The monoisotopic (exact) mass is 270 g/mol. The first-order valence-corrected chi connectivity index (χ1v) is 6.59. The van der Waals surface area contributed by atoms with Gasteiger partial charge in [-0.05, 0) is 24.8 Å². The van der Waals surface area contributed by atoms with Gasteiger partial charge in [0, 0.05) is 18.1 Å². The van der Waals surface area contributed by atoms with Crippen molar-refractivity contribution in [2.75, 3.05) is 0 Å². The topological polar surface area (TPSA) is 52.6 Å². The molecule has 0 saturated carbocycles. The number of ether oxygens (including phenoxy) is 2. The Balaban J connectivity index is 2.09. The van der Waals surface area contributed by atoms with Crippen molar-refractivity contribution in [2.45, 2.75) is 26.2 Å². The first-order valence-electron chi connectivity index (χ1n) is 6.59. The van der Waals surface area contributed by atoms with E-state index in [1.807, 2.05) is 30.3 Å². The SMILES string of the molecule is CC(=O)OC1=C2CCCC(c3ccccc3)=C2OC1=O. The van der Waals surface area contributed by atoms with Crippen LogP contribution in [-0.2, 0) is 19.1 Å². The Morgan fingerprint density at radius 1 is 1.15 bits per heavy atom. The van der Waals surface area contributed by atoms with Gasteiger partial charge in [0.1, 0.15) is 5.76 Å². The average molecular weight is 270 g/mol. The van der Waals surface area contributed by atoms with Gasteiger partial charge in [-0.25, -0.2) is 4.79 Å². The minimum atomic E-state index is -0.569. The Bertz CT molecular complexity index is 638. The maximum atomic E-state index is 11.9. The summed E-state index contributed by atoms with van der Waals surface area (Å²) in [6, 6.07) is 9.82. The number of hydrogen-bond donors (Lipinski definition) is 0. The molecule has 0 N–H and O–H groups in total. The van der Waals surface area contributed by atoms with E-state index in [1.54, 1.807) is 0 Å². The van der Waals surface area contributed by atoms with E-state index in [1.165, 1.54) is 6.92 Å². The molecular weight excluding hydrogens is 256 g/mol. The van der Waals surface area contributed by atoms with E-state index < -0.39 is 11.9 Å². The summed E-state index contributed by atoms with van der Waals surface area (Å²) in [4.78, 5) is 23.0. The van der Waals surface area contributed by atoms with Gasteiger partial charge in [-0.1, -0.05) is 30.3 Å². The fourth-order valence-electron chi connectivity index (χ4n) is 2.61. The molecule has 3 rings (SSSR count). The highest BCUT2D eigenvalue weighted by Crippen LogP contribution is 2.42. The molecule has 0 unspecified atom stereocenters. The molecule has 0 fully saturated rings. The minimum Gasteiger partial charge on any atom is -0.420 e. The van der Waals surface area contributed by atoms with Crippen LogP contribution in [0.1, 0.15) is 31.7 Å². The molecule has 20 heavy (non-hydrogen) atoms. The third-order valence-corrected chi connectivity index (χ3v) is 3.42. The van der Waals surface area contributed by atoms with E-state index in [2.05, 4.69) is 0 Å². The summed E-state index contributed by atoms with van der Waals surface area (Å²) >= 11 is 0. The molecule has 0 spiro atoms. The molecule has 102 valence electrons. The minimum absolute atomic E-state index is 0.0561. The largest absolute Gasteiger partial charge is 0.420 e. The van der Waals surface area contributed by atoms with Gasteiger partial charge in [0.2, 0.25) is 5.76 Å². The summed E-state index contributed by atoms with van der Waals surface area (Å²) < 4.78 is 10.3. The van der Waals surface area contributed by atoms with E-state index >= 15 is 0 Å². The Morgan fingerprint density at radius 2 is 1.85 bits per heavy atom. The van der Waals surface area contributed by atoms with Crippen LogP contribution in [0.2, 0.25) is 0 Å². The lowest BCUT2D eigenvalue weighted by atomic mass is 9.89. The Kier molecular flexibility index (Phi) is 3.14. The zero-order chi connectivity index (χ0) is 14.1. The van der Waals surface area contributed by atoms with Crippen molar-refractivity contribution in [1.82, 2.24) is 0 Å². The van der Waals surface area contributed by atoms with E-state index in [4.69, 9.17) is 9.47 Å². The Morgan fingerprint density at radius 3 is 2.55 bits per heavy atom. The quantitative estimate of drug-likeness (QED) is 0.775. The van der Waals surface area contributed by atoms with Gasteiger partial charge in [-0.2, -0.15) is 0 Å². The summed E-state index contributed by atoms with van der Waals surface area (Å²) in [7, 11) is 0. The number of rotatable bonds is 2. The van der Waals surface area contributed by atoms with Crippen molar-refractivity contribution < 1.29 is 19.1 Å². The maximum Gasteiger partial charge on any atom is 0.380 e. The molecule has 4 heteroatoms. The number of hydrogen-bond acceptors (Lipinski definition) is 4. The smallest absolute Gasteiger partial charge is 0.380 e. The first-order chi connectivity index (χ1) is 9.66. The normalized spacial score (nSPS) is 17.9. The number of benzene rings is 1. The standard InChI is InChI=1S/C16H14O4/c1-10(17)19-15-13-9-5-8-12(14(13)20-16(15)18)11-6-3-2-4-7-11/h2-4,6-7H,5,8-9H2,1H3. The summed E-state index contributed by atoms with van der Waals surface area (Å²) in [5, 5.41) is 0. The van der Waals surface area contributed by atoms with Crippen LogP contribution in [0.5, 0.6) is 0 Å². The highest BCUT2D eigenvalue weighted by atomic mass is 16.6. The average Bonchev–Trinajstić information content (AvgIpc) is 2.76. The van der Waals surface area contributed by atoms with Crippen molar-refractivity contribution in [2.24, 2.45) is 0 Å². The highest BCUT2D eigenvalue weighted by Gasteiger charge is 2.36. The molecule has 0 radical (unpaired) electrons. The lowest BCUT2D eigenvalue weighted by Crippen LogP contribution is -2.07. The predicted molar refractivity (Wildman–Crippen MR) is 72.1 cm³/mol. The van der Waals surface area contributed by atoms with Crippen molar-refractivity contribution in [3.63, 3.8) is 0 Å². The lowest BCUT2D eigenvalue weighted by molar-refractivity contribution is -0.146. The van der Waals surface area contributed by atoms with Crippen LogP contribution >= 0.6 is 0 Å². The van der Waals surface area contributed by atoms with Crippen LogP contribution in [0, 0.1) is 0 Å². The summed E-state index contributed by atoms with van der Waals surface area (Å²) in [6.07, 6.45) is 2.45. The molecule has 1 aromatic rings. The van der Waals surface area contributed by atoms with Crippen LogP contribution in [0.4, 0.5) is 0 Å². The highest BCUT2D eigenvalue weighted by molar-refractivity contribution is 5.97. The van der Waals surface area contributed by atoms with Crippen LogP contribution in [0.25, 0.3) is 5.57 Å². The van der Waals surface area contributed by atoms with Crippen LogP contribution < -0.4 is 0 Å². The van der Waals surface area contributed by atoms with Crippen LogP contribution in [0.3, 0.4) is 0 Å². The van der Waals surface area contributed by atoms with Gasteiger partial charge >= 0.3 is 11.9 Å². The Labute approximate surface area is 116 Å². The zero-order valence-electron chi connectivity index (χ0n) is 11.1. The van der Waals surface area contributed by atoms with E-state index in [9.17, 15) is 9.59 Å². The van der Waals surface area contributed by atoms with Crippen molar-refractivity contribution in [1.29, 1.82) is 0 Å². The second-order valence-corrected chi connectivity index (χ2v) is 4.82. The van der Waals surface area contributed by atoms with Gasteiger partial charge in [0.15, 0.2) is 0 Å². The molecule has 0 amide bonds. The number of esters is 2. The van der Waals surface area contributed by atoms with Gasteiger partial charge in [-0.15, -0.1) is 0 Å². The van der Waals surface area contributed by atoms with Crippen LogP contribution in [-0.4, -0.2) is 11.9 Å². The number of allylic oxidation sites excluding steroid dienone is 2. The molecule has 4 nitrogen and oxygen atoms in total.